The molecule has 1 aliphatic rings. The van der Waals surface area contributed by atoms with Gasteiger partial charge in [0.25, 0.3) is 0 Å². The molecule has 5 nitrogen and oxygen atoms in total. The summed E-state index contributed by atoms with van der Waals surface area (Å²) >= 11 is 1.61. The van der Waals surface area contributed by atoms with Crippen LogP contribution in [0.15, 0.2) is 36.7 Å². The fourth-order valence-corrected chi connectivity index (χ4v) is 4.38. The van der Waals surface area contributed by atoms with Crippen LogP contribution >= 0.6 is 11.3 Å². The van der Waals surface area contributed by atoms with Crippen LogP contribution in [0.3, 0.4) is 0 Å². The third-order valence-corrected chi connectivity index (χ3v) is 6.27. The SMILES string of the molecule is Cc1cnc(-c2cnc(NCCN3CCCC3)c(C(C)c3ccc(F)cc3)n2)s1. The van der Waals surface area contributed by atoms with E-state index in [1.807, 2.05) is 25.3 Å². The lowest BCUT2D eigenvalue weighted by molar-refractivity contribution is 0.352. The zero-order valence-corrected chi connectivity index (χ0v) is 17.7. The predicted octanol–water partition coefficient (Wildman–Crippen LogP) is 4.71. The number of rotatable bonds is 7. The van der Waals surface area contributed by atoms with Gasteiger partial charge in [0.1, 0.15) is 22.3 Å². The highest BCUT2D eigenvalue weighted by molar-refractivity contribution is 7.14. The smallest absolute Gasteiger partial charge is 0.148 e. The number of benzene rings is 1. The molecule has 1 fully saturated rings. The minimum Gasteiger partial charge on any atom is -0.367 e. The number of nitrogens with zero attached hydrogens (tertiary/aromatic N) is 4. The first-order chi connectivity index (χ1) is 14.1. The van der Waals surface area contributed by atoms with Gasteiger partial charge in [-0.05, 0) is 50.6 Å². The van der Waals surface area contributed by atoms with Crippen LogP contribution in [0, 0.1) is 12.7 Å². The van der Waals surface area contributed by atoms with Gasteiger partial charge in [0.05, 0.1) is 11.9 Å². The number of thiazole rings is 1. The van der Waals surface area contributed by atoms with E-state index >= 15 is 0 Å². The maximum Gasteiger partial charge on any atom is 0.148 e. The summed E-state index contributed by atoms with van der Waals surface area (Å²) < 4.78 is 13.4. The Balaban J connectivity index is 1.60. The average Bonchev–Trinajstić information content (AvgIpc) is 3.40. The van der Waals surface area contributed by atoms with E-state index in [-0.39, 0.29) is 11.7 Å². The van der Waals surface area contributed by atoms with E-state index < -0.39 is 0 Å². The van der Waals surface area contributed by atoms with E-state index in [4.69, 9.17) is 9.97 Å². The molecule has 3 heterocycles. The number of hydrogen-bond acceptors (Lipinski definition) is 6. The standard InChI is InChI=1S/C22H26FN5S/c1-15-13-26-22(29-15)19-14-25-21(24-9-12-28-10-3-4-11-28)20(27-19)16(2)17-5-7-18(23)8-6-17/h5-8,13-14,16H,3-4,9-12H2,1-2H3,(H,24,25). The van der Waals surface area contributed by atoms with Crippen molar-refractivity contribution in [2.75, 3.05) is 31.5 Å². The van der Waals surface area contributed by atoms with Gasteiger partial charge in [0, 0.05) is 30.1 Å². The fourth-order valence-electron chi connectivity index (χ4n) is 3.67. The first-order valence-corrected chi connectivity index (χ1v) is 10.9. The van der Waals surface area contributed by atoms with Gasteiger partial charge in [-0.15, -0.1) is 11.3 Å². The zero-order valence-electron chi connectivity index (χ0n) is 16.9. The molecular formula is C22H26FN5S. The van der Waals surface area contributed by atoms with Gasteiger partial charge in [0.15, 0.2) is 0 Å². The summed E-state index contributed by atoms with van der Waals surface area (Å²) in [5, 5.41) is 4.35. The number of nitrogens with one attached hydrogen (secondary N) is 1. The monoisotopic (exact) mass is 411 g/mol. The van der Waals surface area contributed by atoms with E-state index in [9.17, 15) is 4.39 Å². The quantitative estimate of drug-likeness (QED) is 0.610. The maximum atomic E-state index is 13.4. The van der Waals surface area contributed by atoms with E-state index in [0.717, 1.165) is 45.7 Å². The molecule has 0 bridgehead atoms. The van der Waals surface area contributed by atoms with Gasteiger partial charge in [-0.2, -0.15) is 0 Å². The first kappa shape index (κ1) is 19.9. The molecule has 3 aromatic rings. The summed E-state index contributed by atoms with van der Waals surface area (Å²) in [4.78, 5) is 17.7. The molecule has 152 valence electrons. The van der Waals surface area contributed by atoms with Crippen LogP contribution in [0.5, 0.6) is 0 Å². The van der Waals surface area contributed by atoms with E-state index in [1.165, 1.54) is 38.1 Å². The van der Waals surface area contributed by atoms with Crippen molar-refractivity contribution in [1.82, 2.24) is 19.9 Å². The van der Waals surface area contributed by atoms with Crippen molar-refractivity contribution in [2.24, 2.45) is 0 Å². The molecule has 1 N–H and O–H groups in total. The van der Waals surface area contributed by atoms with Crippen LogP contribution in [-0.2, 0) is 0 Å². The van der Waals surface area contributed by atoms with Gasteiger partial charge in [0.2, 0.25) is 0 Å². The summed E-state index contributed by atoms with van der Waals surface area (Å²) in [6, 6.07) is 6.62. The molecule has 0 amide bonds. The normalized spacial score (nSPS) is 15.6. The predicted molar refractivity (Wildman–Crippen MR) is 116 cm³/mol. The summed E-state index contributed by atoms with van der Waals surface area (Å²) in [7, 11) is 0. The van der Waals surface area contributed by atoms with E-state index in [1.54, 1.807) is 17.5 Å². The number of likely N-dealkylation sites (tertiary alicyclic amines) is 1. The van der Waals surface area contributed by atoms with Crippen molar-refractivity contribution >= 4 is 17.2 Å². The number of anilines is 1. The molecule has 1 unspecified atom stereocenters. The second kappa shape index (κ2) is 8.97. The van der Waals surface area contributed by atoms with Gasteiger partial charge in [-0.25, -0.2) is 19.3 Å². The molecule has 1 saturated heterocycles. The lowest BCUT2D eigenvalue weighted by Crippen LogP contribution is -2.26. The van der Waals surface area contributed by atoms with Crippen LogP contribution in [0.25, 0.3) is 10.7 Å². The Bertz CT molecular complexity index is 950. The second-order valence-corrected chi connectivity index (χ2v) is 8.75. The minimum atomic E-state index is -0.233. The van der Waals surface area contributed by atoms with Crippen LogP contribution < -0.4 is 5.32 Å². The van der Waals surface area contributed by atoms with Gasteiger partial charge < -0.3 is 10.2 Å². The molecule has 0 spiro atoms. The molecule has 1 atom stereocenters. The van der Waals surface area contributed by atoms with Crippen molar-refractivity contribution in [3.8, 4) is 10.7 Å². The Morgan fingerprint density at radius 2 is 1.90 bits per heavy atom. The Hall–Kier alpha value is -2.38. The van der Waals surface area contributed by atoms with Crippen LogP contribution in [0.1, 0.15) is 41.8 Å². The van der Waals surface area contributed by atoms with E-state index in [2.05, 4.69) is 22.1 Å². The second-order valence-electron chi connectivity index (χ2n) is 7.51. The van der Waals surface area contributed by atoms with Gasteiger partial charge >= 0.3 is 0 Å². The lowest BCUT2D eigenvalue weighted by Gasteiger charge is -2.19. The molecule has 29 heavy (non-hydrogen) atoms. The topological polar surface area (TPSA) is 53.9 Å². The van der Waals surface area contributed by atoms with Crippen molar-refractivity contribution in [2.45, 2.75) is 32.6 Å². The molecule has 7 heteroatoms. The highest BCUT2D eigenvalue weighted by atomic mass is 32.1. The van der Waals surface area contributed by atoms with Gasteiger partial charge in [-0.1, -0.05) is 19.1 Å². The van der Waals surface area contributed by atoms with Crippen molar-refractivity contribution in [3.63, 3.8) is 0 Å². The van der Waals surface area contributed by atoms with Gasteiger partial charge in [-0.3, -0.25) is 0 Å². The fraction of sp³-hybridized carbons (Fsp3) is 0.409. The third-order valence-electron chi connectivity index (χ3n) is 5.34. The van der Waals surface area contributed by atoms with Crippen molar-refractivity contribution in [3.05, 3.63) is 58.6 Å². The molecule has 0 radical (unpaired) electrons. The summed E-state index contributed by atoms with van der Waals surface area (Å²) in [5.41, 5.74) is 2.65. The molecule has 0 saturated carbocycles. The maximum absolute atomic E-state index is 13.4. The van der Waals surface area contributed by atoms with Crippen molar-refractivity contribution in [1.29, 1.82) is 0 Å². The van der Waals surface area contributed by atoms with Crippen LogP contribution in [-0.4, -0.2) is 46.0 Å². The van der Waals surface area contributed by atoms with Crippen LogP contribution in [0.2, 0.25) is 0 Å². The van der Waals surface area contributed by atoms with E-state index in [0.29, 0.717) is 0 Å². The first-order valence-electron chi connectivity index (χ1n) is 10.1. The number of aryl methyl sites for hydroxylation is 1. The molecule has 1 aliphatic heterocycles. The largest absolute Gasteiger partial charge is 0.367 e. The molecule has 2 aromatic heterocycles. The number of halogens is 1. The van der Waals surface area contributed by atoms with Crippen molar-refractivity contribution < 1.29 is 4.39 Å². The summed E-state index contributed by atoms with van der Waals surface area (Å²) in [6.07, 6.45) is 6.22. The zero-order chi connectivity index (χ0) is 20.2. The number of aromatic nitrogens is 3. The number of hydrogen-bond donors (Lipinski definition) is 1. The Morgan fingerprint density at radius 1 is 1.14 bits per heavy atom. The Morgan fingerprint density at radius 3 is 2.59 bits per heavy atom. The molecule has 1 aromatic carbocycles. The minimum absolute atomic E-state index is 0.0154. The average molecular weight is 412 g/mol. The summed E-state index contributed by atoms with van der Waals surface area (Å²) in [6.45, 7) is 8.29. The van der Waals surface area contributed by atoms with Crippen LogP contribution in [0.4, 0.5) is 10.2 Å². The molecule has 0 aliphatic carbocycles. The summed E-state index contributed by atoms with van der Waals surface area (Å²) in [5.74, 6) is 0.541. The lowest BCUT2D eigenvalue weighted by atomic mass is 9.97. The highest BCUT2D eigenvalue weighted by Gasteiger charge is 2.19. The Kier molecular flexibility index (Phi) is 6.16. The molecule has 4 rings (SSSR count). The highest BCUT2D eigenvalue weighted by Crippen LogP contribution is 2.31. The molecular weight excluding hydrogens is 385 g/mol. The third kappa shape index (κ3) is 4.79. The Labute approximate surface area is 175 Å².